The maximum absolute atomic E-state index is 12.3. The molecule has 108 valence electrons. The van der Waals surface area contributed by atoms with Crippen molar-refractivity contribution in [1.82, 2.24) is 0 Å². The van der Waals surface area contributed by atoms with Gasteiger partial charge >= 0.3 is 0 Å². The maximum atomic E-state index is 12.3. The van der Waals surface area contributed by atoms with E-state index >= 15 is 0 Å². The van der Waals surface area contributed by atoms with Gasteiger partial charge in [0.15, 0.2) is 11.9 Å². The molecule has 1 unspecified atom stereocenters. The Morgan fingerprint density at radius 1 is 1.48 bits per heavy atom. The summed E-state index contributed by atoms with van der Waals surface area (Å²) in [5, 5.41) is 19.6. The van der Waals surface area contributed by atoms with E-state index in [2.05, 4.69) is 6.07 Å². The Balaban J connectivity index is 2.06. The van der Waals surface area contributed by atoms with Crippen LogP contribution >= 0.6 is 11.3 Å². The predicted octanol–water partition coefficient (Wildman–Crippen LogP) is 3.62. The van der Waals surface area contributed by atoms with Crippen LogP contribution in [0.2, 0.25) is 0 Å². The number of allylic oxidation sites excluding steroid dienone is 2. The van der Waals surface area contributed by atoms with Crippen molar-refractivity contribution in [2.45, 2.75) is 32.8 Å². The van der Waals surface area contributed by atoms with Gasteiger partial charge in [0.25, 0.3) is 0 Å². The molecule has 2 atom stereocenters. The minimum absolute atomic E-state index is 0.0730. The van der Waals surface area contributed by atoms with E-state index in [9.17, 15) is 10.1 Å². The first-order chi connectivity index (χ1) is 9.93. The highest BCUT2D eigenvalue weighted by Gasteiger charge is 2.45. The molecule has 0 spiro atoms. The van der Waals surface area contributed by atoms with Crippen LogP contribution in [-0.2, 0) is 9.53 Å². The second-order valence-corrected chi connectivity index (χ2v) is 7.29. The SMILES string of the molecule is CC1(C)CC(=O)C2=C(C1)O[C@@H](c1cccs1)C(C#N)C2=N. The van der Waals surface area contributed by atoms with E-state index in [0.29, 0.717) is 24.2 Å². The third kappa shape index (κ3) is 2.30. The van der Waals surface area contributed by atoms with Gasteiger partial charge in [-0.1, -0.05) is 19.9 Å². The zero-order valence-electron chi connectivity index (χ0n) is 12.0. The lowest BCUT2D eigenvalue weighted by Gasteiger charge is -2.38. The van der Waals surface area contributed by atoms with Crippen LogP contribution in [0.1, 0.15) is 37.7 Å². The Bertz CT molecular complexity index is 680. The Morgan fingerprint density at radius 2 is 2.24 bits per heavy atom. The molecular weight excluding hydrogens is 284 g/mol. The molecule has 1 aliphatic carbocycles. The molecule has 0 saturated heterocycles. The van der Waals surface area contributed by atoms with E-state index in [1.165, 1.54) is 11.3 Å². The lowest BCUT2D eigenvalue weighted by Crippen LogP contribution is -2.38. The maximum Gasteiger partial charge on any atom is 0.168 e. The third-order valence-corrected chi connectivity index (χ3v) is 4.88. The molecule has 2 aliphatic rings. The molecule has 0 radical (unpaired) electrons. The van der Waals surface area contributed by atoms with E-state index in [1.807, 2.05) is 31.4 Å². The van der Waals surface area contributed by atoms with Crippen molar-refractivity contribution in [2.75, 3.05) is 0 Å². The quantitative estimate of drug-likeness (QED) is 0.860. The Labute approximate surface area is 127 Å². The number of hydrogen-bond acceptors (Lipinski definition) is 5. The van der Waals surface area contributed by atoms with E-state index in [4.69, 9.17) is 10.1 Å². The summed E-state index contributed by atoms with van der Waals surface area (Å²) in [4.78, 5) is 13.2. The van der Waals surface area contributed by atoms with Gasteiger partial charge in [-0.05, 0) is 16.9 Å². The summed E-state index contributed by atoms with van der Waals surface area (Å²) in [5.74, 6) is -0.199. The van der Waals surface area contributed by atoms with Gasteiger partial charge in [-0.25, -0.2) is 0 Å². The normalized spacial score (nSPS) is 27.9. The van der Waals surface area contributed by atoms with Gasteiger partial charge in [-0.2, -0.15) is 5.26 Å². The monoisotopic (exact) mass is 300 g/mol. The van der Waals surface area contributed by atoms with Crippen molar-refractivity contribution in [1.29, 1.82) is 10.7 Å². The van der Waals surface area contributed by atoms with Gasteiger partial charge in [0.1, 0.15) is 11.7 Å². The number of ether oxygens (including phenoxy) is 1. The number of carbonyl (C=O) groups is 1. The summed E-state index contributed by atoms with van der Waals surface area (Å²) in [5.41, 5.74) is 0.307. The van der Waals surface area contributed by atoms with E-state index < -0.39 is 12.0 Å². The molecule has 0 fully saturated rings. The number of nitriles is 1. The lowest BCUT2D eigenvalue weighted by atomic mass is 9.72. The van der Waals surface area contributed by atoms with Gasteiger partial charge in [0.05, 0.1) is 17.4 Å². The molecular formula is C16H16N2O2S. The van der Waals surface area contributed by atoms with Crippen molar-refractivity contribution >= 4 is 22.8 Å². The zero-order chi connectivity index (χ0) is 15.2. The van der Waals surface area contributed by atoms with Crippen LogP contribution in [0.5, 0.6) is 0 Å². The van der Waals surface area contributed by atoms with Gasteiger partial charge in [0.2, 0.25) is 0 Å². The minimum Gasteiger partial charge on any atom is -0.487 e. The molecule has 2 heterocycles. The molecule has 0 bridgehead atoms. The third-order valence-electron chi connectivity index (χ3n) is 3.95. The summed E-state index contributed by atoms with van der Waals surface area (Å²) < 4.78 is 6.02. The zero-order valence-corrected chi connectivity index (χ0v) is 12.8. The fraction of sp³-hybridized carbons (Fsp3) is 0.438. The second-order valence-electron chi connectivity index (χ2n) is 6.31. The number of hydrogen-bond donors (Lipinski definition) is 1. The van der Waals surface area contributed by atoms with E-state index in [0.717, 1.165) is 4.88 Å². The largest absolute Gasteiger partial charge is 0.487 e. The van der Waals surface area contributed by atoms with Gasteiger partial charge in [0, 0.05) is 17.7 Å². The first-order valence-electron chi connectivity index (χ1n) is 6.88. The first kappa shape index (κ1) is 14.0. The summed E-state index contributed by atoms with van der Waals surface area (Å²) >= 11 is 1.51. The number of ketones is 1. The molecule has 5 heteroatoms. The Kier molecular flexibility index (Phi) is 3.22. The molecule has 1 aliphatic heterocycles. The topological polar surface area (TPSA) is 73.9 Å². The first-order valence-corrected chi connectivity index (χ1v) is 7.76. The average molecular weight is 300 g/mol. The number of rotatable bonds is 1. The van der Waals surface area contributed by atoms with Gasteiger partial charge < -0.3 is 10.1 Å². The van der Waals surface area contributed by atoms with Crippen LogP contribution in [0.3, 0.4) is 0 Å². The molecule has 3 rings (SSSR count). The summed E-state index contributed by atoms with van der Waals surface area (Å²) in [6.07, 6.45) is 0.568. The summed E-state index contributed by atoms with van der Waals surface area (Å²) in [6, 6.07) is 5.95. The van der Waals surface area contributed by atoms with Crippen LogP contribution < -0.4 is 0 Å². The molecule has 1 aromatic heterocycles. The standard InChI is InChI=1S/C16H16N2O2S/c1-16(2)6-10(19)13-11(7-16)20-15(9(8-17)14(13)18)12-4-3-5-21-12/h3-5,9,15,18H,6-7H2,1-2H3/t9?,15-/m1/s1. The van der Waals surface area contributed by atoms with Crippen LogP contribution in [-0.4, -0.2) is 11.5 Å². The lowest BCUT2D eigenvalue weighted by molar-refractivity contribution is -0.118. The van der Waals surface area contributed by atoms with E-state index in [1.54, 1.807) is 0 Å². The highest BCUT2D eigenvalue weighted by atomic mass is 32.1. The number of Topliss-reactive ketones (excluding diaryl/α,β-unsaturated/α-hetero) is 1. The number of carbonyl (C=O) groups excluding carboxylic acids is 1. The van der Waals surface area contributed by atoms with Crippen molar-refractivity contribution in [3.63, 3.8) is 0 Å². The smallest absolute Gasteiger partial charge is 0.168 e. The highest BCUT2D eigenvalue weighted by Crippen LogP contribution is 2.46. The molecule has 4 nitrogen and oxygen atoms in total. The van der Waals surface area contributed by atoms with Gasteiger partial charge in [-0.15, -0.1) is 11.3 Å². The Hall–Kier alpha value is -1.93. The number of nitrogens with zero attached hydrogens (tertiary/aromatic N) is 1. The van der Waals surface area contributed by atoms with Crippen molar-refractivity contribution < 1.29 is 9.53 Å². The van der Waals surface area contributed by atoms with E-state index in [-0.39, 0.29) is 16.9 Å². The molecule has 1 aromatic rings. The fourth-order valence-corrected chi connectivity index (χ4v) is 3.79. The van der Waals surface area contributed by atoms with Crippen LogP contribution in [0.15, 0.2) is 28.8 Å². The minimum atomic E-state index is -0.715. The molecule has 0 aromatic carbocycles. The van der Waals surface area contributed by atoms with Crippen LogP contribution in [0.25, 0.3) is 0 Å². The number of nitrogens with one attached hydrogen (secondary N) is 1. The number of thiophene rings is 1. The second kappa shape index (κ2) is 4.81. The molecule has 0 amide bonds. The van der Waals surface area contributed by atoms with Crippen molar-refractivity contribution in [3.05, 3.63) is 33.7 Å². The summed E-state index contributed by atoms with van der Waals surface area (Å²) in [7, 11) is 0. The fourth-order valence-electron chi connectivity index (χ4n) is 3.00. The summed E-state index contributed by atoms with van der Waals surface area (Å²) in [6.45, 7) is 4.05. The molecule has 21 heavy (non-hydrogen) atoms. The van der Waals surface area contributed by atoms with Crippen molar-refractivity contribution in [3.8, 4) is 6.07 Å². The molecule has 1 N–H and O–H groups in total. The Morgan fingerprint density at radius 3 is 2.86 bits per heavy atom. The molecule has 0 saturated carbocycles. The van der Waals surface area contributed by atoms with Crippen LogP contribution in [0.4, 0.5) is 0 Å². The van der Waals surface area contributed by atoms with Crippen molar-refractivity contribution in [2.24, 2.45) is 11.3 Å². The average Bonchev–Trinajstić information content (AvgIpc) is 2.89. The van der Waals surface area contributed by atoms with Gasteiger partial charge in [-0.3, -0.25) is 4.79 Å². The van der Waals surface area contributed by atoms with Crippen LogP contribution in [0, 0.1) is 28.1 Å². The predicted molar refractivity (Wildman–Crippen MR) is 80.0 cm³/mol. The highest BCUT2D eigenvalue weighted by molar-refractivity contribution is 7.10.